The van der Waals surface area contributed by atoms with Crippen molar-refractivity contribution < 1.29 is 52.3 Å². The van der Waals surface area contributed by atoms with Crippen LogP contribution in [0.2, 0.25) is 0 Å². The van der Waals surface area contributed by atoms with Crippen molar-refractivity contribution in [1.82, 2.24) is 0 Å². The number of rotatable bonds is 17. The molecule has 0 heterocycles. The Morgan fingerprint density at radius 3 is 1.81 bits per heavy atom. The zero-order valence-corrected chi connectivity index (χ0v) is 25.8. The van der Waals surface area contributed by atoms with Crippen molar-refractivity contribution in [3.05, 3.63) is 23.8 Å². The Balaban J connectivity index is 2.84. The van der Waals surface area contributed by atoms with E-state index in [0.29, 0.717) is 12.0 Å². The summed E-state index contributed by atoms with van der Waals surface area (Å²) in [5.74, 6) is -0.647. The van der Waals surface area contributed by atoms with Gasteiger partial charge in [-0.3, -0.25) is 4.79 Å². The van der Waals surface area contributed by atoms with Crippen LogP contribution in [0.4, 0.5) is 14.4 Å². The van der Waals surface area contributed by atoms with Crippen molar-refractivity contribution in [2.24, 2.45) is 17.6 Å². The molecule has 238 valence electrons. The maximum absolute atomic E-state index is 12.5. The van der Waals surface area contributed by atoms with Crippen LogP contribution in [0.3, 0.4) is 0 Å². The van der Waals surface area contributed by atoms with Gasteiger partial charge < -0.3 is 38.9 Å². The Morgan fingerprint density at radius 2 is 1.26 bits per heavy atom. The Morgan fingerprint density at radius 1 is 0.714 bits per heavy atom. The largest absolute Gasteiger partial charge is 0.513 e. The first-order valence-electron chi connectivity index (χ1n) is 14.5. The van der Waals surface area contributed by atoms with Gasteiger partial charge in [-0.15, -0.1) is 0 Å². The first-order chi connectivity index (χ1) is 19.9. The molecule has 0 aliphatic rings. The van der Waals surface area contributed by atoms with Gasteiger partial charge in [0.15, 0.2) is 11.5 Å². The van der Waals surface area contributed by atoms with E-state index < -0.39 is 36.6 Å². The van der Waals surface area contributed by atoms with Crippen LogP contribution >= 0.6 is 0 Å². The molecule has 0 amide bonds. The second-order valence-electron chi connectivity index (χ2n) is 10.5. The maximum atomic E-state index is 12.5. The molecule has 3 unspecified atom stereocenters. The molecule has 0 radical (unpaired) electrons. The fraction of sp³-hybridized carbons (Fsp3) is 0.667. The molecule has 0 aromatic heterocycles. The molecule has 5 atom stereocenters. The molecule has 0 spiro atoms. The third-order valence-corrected chi connectivity index (χ3v) is 6.27. The number of hydrogen-bond donors (Lipinski definition) is 1. The third kappa shape index (κ3) is 14.9. The summed E-state index contributed by atoms with van der Waals surface area (Å²) in [5.41, 5.74) is 6.53. The highest BCUT2D eigenvalue weighted by Gasteiger charge is 2.22. The van der Waals surface area contributed by atoms with E-state index in [-0.39, 0.29) is 55.7 Å². The van der Waals surface area contributed by atoms with E-state index in [9.17, 15) is 19.2 Å². The molecule has 0 saturated heterocycles. The van der Waals surface area contributed by atoms with Crippen LogP contribution in [0.15, 0.2) is 18.2 Å². The molecule has 0 saturated carbocycles. The van der Waals surface area contributed by atoms with Crippen molar-refractivity contribution in [2.75, 3.05) is 19.8 Å². The summed E-state index contributed by atoms with van der Waals surface area (Å²) in [6, 6.07) is 3.27. The van der Waals surface area contributed by atoms with Crippen molar-refractivity contribution >= 4 is 24.4 Å². The maximum Gasteiger partial charge on any atom is 0.513 e. The van der Waals surface area contributed by atoms with E-state index in [1.54, 1.807) is 19.9 Å². The van der Waals surface area contributed by atoms with Crippen molar-refractivity contribution in [2.45, 2.75) is 98.8 Å². The van der Waals surface area contributed by atoms with Crippen molar-refractivity contribution in [3.8, 4) is 11.5 Å². The molecule has 12 nitrogen and oxygen atoms in total. The van der Waals surface area contributed by atoms with Gasteiger partial charge in [-0.1, -0.05) is 59.9 Å². The Kier molecular flexibility index (Phi) is 17.0. The summed E-state index contributed by atoms with van der Waals surface area (Å²) < 4.78 is 36.3. The number of nitrogens with two attached hydrogens (primary N) is 1. The van der Waals surface area contributed by atoms with Crippen LogP contribution in [0.5, 0.6) is 11.5 Å². The fourth-order valence-corrected chi connectivity index (χ4v) is 3.24. The van der Waals surface area contributed by atoms with E-state index >= 15 is 0 Å². The third-order valence-electron chi connectivity index (χ3n) is 6.27. The zero-order chi connectivity index (χ0) is 31.7. The van der Waals surface area contributed by atoms with Crippen LogP contribution in [0, 0.1) is 11.8 Å². The van der Waals surface area contributed by atoms with Crippen LogP contribution in [0.25, 0.3) is 0 Å². The Bertz CT molecular complexity index is 999. The van der Waals surface area contributed by atoms with Gasteiger partial charge in [0.25, 0.3) is 0 Å². The normalized spacial score (nSPS) is 14.4. The van der Waals surface area contributed by atoms with Gasteiger partial charge in [-0.2, -0.15) is 0 Å². The minimum absolute atomic E-state index is 0.00165. The van der Waals surface area contributed by atoms with E-state index in [1.807, 2.05) is 34.6 Å². The van der Waals surface area contributed by atoms with Crippen molar-refractivity contribution in [1.29, 1.82) is 0 Å². The Hall–Kier alpha value is -3.54. The number of esters is 1. The molecular weight excluding hydrogens is 550 g/mol. The number of benzene rings is 1. The highest BCUT2D eigenvalue weighted by molar-refractivity contribution is 5.76. The molecule has 12 heteroatoms. The average Bonchev–Trinajstić information content (AvgIpc) is 2.94. The average molecular weight is 598 g/mol. The van der Waals surface area contributed by atoms with Gasteiger partial charge in [0, 0.05) is 0 Å². The van der Waals surface area contributed by atoms with Gasteiger partial charge in [0.05, 0.1) is 13.2 Å². The highest BCUT2D eigenvalue weighted by Crippen LogP contribution is 2.30. The molecule has 1 rings (SSSR count). The molecule has 0 aliphatic heterocycles. The summed E-state index contributed by atoms with van der Waals surface area (Å²) in [4.78, 5) is 48.9. The van der Waals surface area contributed by atoms with Gasteiger partial charge in [-0.25, -0.2) is 14.4 Å². The summed E-state index contributed by atoms with van der Waals surface area (Å²) in [5, 5.41) is 0. The minimum atomic E-state index is -1.09. The lowest BCUT2D eigenvalue weighted by Crippen LogP contribution is -2.36. The topological polar surface area (TPSA) is 159 Å². The van der Waals surface area contributed by atoms with Crippen LogP contribution in [-0.2, 0) is 34.9 Å². The predicted molar refractivity (Wildman–Crippen MR) is 153 cm³/mol. The van der Waals surface area contributed by atoms with E-state index in [1.165, 1.54) is 12.1 Å². The summed E-state index contributed by atoms with van der Waals surface area (Å²) >= 11 is 0. The number of carbonyl (C=O) groups excluding carboxylic acids is 4. The second-order valence-corrected chi connectivity index (χ2v) is 10.5. The summed E-state index contributed by atoms with van der Waals surface area (Å²) in [7, 11) is 0. The molecule has 42 heavy (non-hydrogen) atoms. The number of ether oxygens (including phenoxy) is 7. The molecule has 0 aliphatic carbocycles. The van der Waals surface area contributed by atoms with E-state index in [2.05, 4.69) is 0 Å². The lowest BCUT2D eigenvalue weighted by atomic mass is 10.1. The SMILES string of the molecule is CCCC(C)OC(=O)O[C@@H](C)COC(=O)[C@@H](N)Cc1ccc(OC(=O)OCC(C)CC)c(OC(=O)OCC(C)CC)c1. The molecule has 2 N–H and O–H groups in total. The molecule has 0 bridgehead atoms. The first kappa shape index (κ1) is 36.5. The number of hydrogen-bond acceptors (Lipinski definition) is 12. The number of carbonyl (C=O) groups is 4. The summed E-state index contributed by atoms with van der Waals surface area (Å²) in [6.45, 7) is 13.2. The molecule has 1 aromatic rings. The van der Waals surface area contributed by atoms with Gasteiger partial charge in [0.1, 0.15) is 24.9 Å². The van der Waals surface area contributed by atoms with Crippen LogP contribution in [-0.4, -0.2) is 62.5 Å². The van der Waals surface area contributed by atoms with E-state index in [4.69, 9.17) is 38.9 Å². The minimum Gasteiger partial charge on any atom is -0.461 e. The molecule has 0 fully saturated rings. The van der Waals surface area contributed by atoms with Gasteiger partial charge >= 0.3 is 24.4 Å². The molecular formula is C30H47NO11. The lowest BCUT2D eigenvalue weighted by molar-refractivity contribution is -0.148. The second kappa shape index (κ2) is 19.6. The van der Waals surface area contributed by atoms with Crippen molar-refractivity contribution in [3.63, 3.8) is 0 Å². The standard InChI is InChI=1S/C30H47NO11/c1-8-11-21(6)39-30(35)40-22(7)18-36-27(32)24(31)14-23-12-13-25(41-28(33)37-16-19(4)9-2)26(15-23)42-29(34)38-17-20(5)10-3/h12-13,15,19-22,24H,8-11,14,16-18,31H2,1-7H3/t19?,20?,21?,22-,24-/m0/s1. The first-order valence-corrected chi connectivity index (χ1v) is 14.5. The smallest absolute Gasteiger partial charge is 0.461 e. The van der Waals surface area contributed by atoms with Gasteiger partial charge in [-0.05, 0) is 56.2 Å². The van der Waals surface area contributed by atoms with Crippen LogP contribution in [0.1, 0.15) is 79.7 Å². The Labute approximate surface area is 248 Å². The van der Waals surface area contributed by atoms with E-state index in [0.717, 1.165) is 19.3 Å². The quantitative estimate of drug-likeness (QED) is 0.128. The molecule has 1 aromatic carbocycles. The van der Waals surface area contributed by atoms with Crippen LogP contribution < -0.4 is 15.2 Å². The highest BCUT2D eigenvalue weighted by atomic mass is 16.8. The lowest BCUT2D eigenvalue weighted by Gasteiger charge is -2.18. The predicted octanol–water partition coefficient (Wildman–Crippen LogP) is 5.95. The fourth-order valence-electron chi connectivity index (χ4n) is 3.24. The zero-order valence-electron chi connectivity index (χ0n) is 25.8. The van der Waals surface area contributed by atoms with Gasteiger partial charge in [0.2, 0.25) is 0 Å². The monoisotopic (exact) mass is 597 g/mol. The summed E-state index contributed by atoms with van der Waals surface area (Å²) in [6.07, 6.45) is -0.629.